The molecule has 4 rings (SSSR count). The monoisotopic (exact) mass is 386 g/mol. The first-order valence-electron chi connectivity index (χ1n) is 10.4. The Hall–Kier alpha value is -1.66. The molecule has 146 valence electrons. The Bertz CT molecular complexity index is 720. The lowest BCUT2D eigenvalue weighted by Crippen LogP contribution is -2.40. The van der Waals surface area contributed by atoms with Crippen molar-refractivity contribution in [3.63, 3.8) is 0 Å². The van der Waals surface area contributed by atoms with Crippen molar-refractivity contribution in [3.05, 3.63) is 39.8 Å². The number of hydrogen-bond acceptors (Lipinski definition) is 4. The lowest BCUT2D eigenvalue weighted by atomic mass is 9.85. The van der Waals surface area contributed by atoms with E-state index in [1.807, 2.05) is 23.7 Å². The van der Waals surface area contributed by atoms with Gasteiger partial charge in [-0.1, -0.05) is 25.3 Å². The molecule has 6 heteroatoms. The van der Waals surface area contributed by atoms with Crippen LogP contribution < -0.4 is 5.32 Å². The summed E-state index contributed by atoms with van der Waals surface area (Å²) in [6.07, 6.45) is 11.1. The van der Waals surface area contributed by atoms with Crippen LogP contribution in [0.3, 0.4) is 0 Å². The van der Waals surface area contributed by atoms with E-state index in [4.69, 9.17) is 0 Å². The highest BCUT2D eigenvalue weighted by Gasteiger charge is 2.24. The molecule has 1 unspecified atom stereocenters. The third-order valence-electron chi connectivity index (χ3n) is 6.06. The Morgan fingerprint density at radius 3 is 2.96 bits per heavy atom. The molecule has 1 saturated carbocycles. The SMILES string of the molecule is O=C(NCC1CCCN(Cc2cn[nH]c2C2CCCCC2)C1)c1cccs1. The maximum Gasteiger partial charge on any atom is 0.261 e. The van der Waals surface area contributed by atoms with E-state index in [0.29, 0.717) is 11.8 Å². The zero-order chi connectivity index (χ0) is 18.5. The number of nitrogens with one attached hydrogen (secondary N) is 2. The van der Waals surface area contributed by atoms with E-state index in [1.165, 1.54) is 67.5 Å². The van der Waals surface area contributed by atoms with Crippen LogP contribution in [0.5, 0.6) is 0 Å². The van der Waals surface area contributed by atoms with Gasteiger partial charge in [-0.2, -0.15) is 5.10 Å². The van der Waals surface area contributed by atoms with Crippen LogP contribution in [0, 0.1) is 5.92 Å². The quantitative estimate of drug-likeness (QED) is 0.784. The van der Waals surface area contributed by atoms with Crippen LogP contribution in [0.25, 0.3) is 0 Å². The number of hydrogen-bond donors (Lipinski definition) is 2. The van der Waals surface area contributed by atoms with Crippen molar-refractivity contribution in [2.75, 3.05) is 19.6 Å². The average molecular weight is 387 g/mol. The van der Waals surface area contributed by atoms with Crippen molar-refractivity contribution in [3.8, 4) is 0 Å². The molecule has 5 nitrogen and oxygen atoms in total. The molecule has 1 saturated heterocycles. The second kappa shape index (κ2) is 9.02. The summed E-state index contributed by atoms with van der Waals surface area (Å²) in [4.78, 5) is 15.5. The maximum atomic E-state index is 12.2. The van der Waals surface area contributed by atoms with Gasteiger partial charge in [-0.3, -0.25) is 14.8 Å². The predicted molar refractivity (Wildman–Crippen MR) is 109 cm³/mol. The number of H-pyrrole nitrogens is 1. The van der Waals surface area contributed by atoms with Gasteiger partial charge in [0.15, 0.2) is 0 Å². The number of rotatable bonds is 6. The summed E-state index contributed by atoms with van der Waals surface area (Å²) in [6.45, 7) is 3.95. The standard InChI is InChI=1S/C21H30N4OS/c26-21(19-9-5-11-27-19)22-12-16-6-4-10-25(14-16)15-18-13-23-24-20(18)17-7-2-1-3-8-17/h5,9,11,13,16-17H,1-4,6-8,10,12,14-15H2,(H,22,26)(H,23,24). The van der Waals surface area contributed by atoms with E-state index in [2.05, 4.69) is 20.4 Å². The topological polar surface area (TPSA) is 61.0 Å². The first-order chi connectivity index (χ1) is 13.3. The highest BCUT2D eigenvalue weighted by atomic mass is 32.1. The van der Waals surface area contributed by atoms with Crippen LogP contribution in [0.1, 0.15) is 71.8 Å². The van der Waals surface area contributed by atoms with Gasteiger partial charge in [0.1, 0.15) is 0 Å². The van der Waals surface area contributed by atoms with Crippen LogP contribution in [0.2, 0.25) is 0 Å². The number of aromatic amines is 1. The number of carbonyl (C=O) groups is 1. The molecule has 27 heavy (non-hydrogen) atoms. The number of aromatic nitrogens is 2. The van der Waals surface area contributed by atoms with Crippen LogP contribution in [0.15, 0.2) is 23.7 Å². The van der Waals surface area contributed by atoms with Gasteiger partial charge < -0.3 is 5.32 Å². The van der Waals surface area contributed by atoms with Gasteiger partial charge in [0, 0.05) is 36.8 Å². The molecule has 2 fully saturated rings. The summed E-state index contributed by atoms with van der Waals surface area (Å²) in [5.41, 5.74) is 2.76. The van der Waals surface area contributed by atoms with Gasteiger partial charge in [0.25, 0.3) is 5.91 Å². The maximum absolute atomic E-state index is 12.2. The average Bonchev–Trinajstić information content (AvgIpc) is 3.39. The van der Waals surface area contributed by atoms with E-state index >= 15 is 0 Å². The van der Waals surface area contributed by atoms with Crippen molar-refractivity contribution in [2.45, 2.75) is 57.4 Å². The number of thiophene rings is 1. The Balaban J connectivity index is 1.30. The third kappa shape index (κ3) is 4.79. The van der Waals surface area contributed by atoms with Crippen molar-refractivity contribution < 1.29 is 4.79 Å². The summed E-state index contributed by atoms with van der Waals surface area (Å²) < 4.78 is 0. The second-order valence-corrected chi connectivity index (χ2v) is 9.02. The van der Waals surface area contributed by atoms with E-state index in [1.54, 1.807) is 0 Å². The second-order valence-electron chi connectivity index (χ2n) is 8.07. The number of carbonyl (C=O) groups excluding carboxylic acids is 1. The smallest absolute Gasteiger partial charge is 0.261 e. The summed E-state index contributed by atoms with van der Waals surface area (Å²) in [6, 6.07) is 3.82. The third-order valence-corrected chi connectivity index (χ3v) is 6.93. The molecule has 0 radical (unpaired) electrons. The molecule has 2 aromatic heterocycles. The minimum Gasteiger partial charge on any atom is -0.351 e. The highest BCUT2D eigenvalue weighted by molar-refractivity contribution is 7.12. The zero-order valence-corrected chi connectivity index (χ0v) is 16.8. The van der Waals surface area contributed by atoms with E-state index in [9.17, 15) is 4.79 Å². The lowest BCUT2D eigenvalue weighted by Gasteiger charge is -2.33. The zero-order valence-electron chi connectivity index (χ0n) is 16.0. The van der Waals surface area contributed by atoms with Crippen molar-refractivity contribution >= 4 is 17.2 Å². The molecule has 0 bridgehead atoms. The van der Waals surface area contributed by atoms with Gasteiger partial charge in [0.05, 0.1) is 11.1 Å². The Morgan fingerprint density at radius 2 is 2.15 bits per heavy atom. The van der Waals surface area contributed by atoms with Crippen molar-refractivity contribution in [1.29, 1.82) is 0 Å². The highest BCUT2D eigenvalue weighted by Crippen LogP contribution is 2.33. The van der Waals surface area contributed by atoms with Crippen LogP contribution in [-0.4, -0.2) is 40.6 Å². The number of likely N-dealkylation sites (tertiary alicyclic amines) is 1. The van der Waals surface area contributed by atoms with E-state index in [-0.39, 0.29) is 5.91 Å². The molecule has 2 N–H and O–H groups in total. The first-order valence-corrected chi connectivity index (χ1v) is 11.2. The Kier molecular flexibility index (Phi) is 6.24. The molecule has 1 atom stereocenters. The van der Waals surface area contributed by atoms with Gasteiger partial charge in [0.2, 0.25) is 0 Å². The fourth-order valence-electron chi connectivity index (χ4n) is 4.63. The molecular weight excluding hydrogens is 356 g/mol. The first kappa shape index (κ1) is 18.7. The fourth-order valence-corrected chi connectivity index (χ4v) is 5.27. The molecule has 2 aliphatic rings. The van der Waals surface area contributed by atoms with E-state index in [0.717, 1.165) is 31.1 Å². The largest absolute Gasteiger partial charge is 0.351 e. The van der Waals surface area contributed by atoms with Crippen molar-refractivity contribution in [2.24, 2.45) is 5.92 Å². The Morgan fingerprint density at radius 1 is 1.26 bits per heavy atom. The Labute approximate surface area is 165 Å². The van der Waals surface area contributed by atoms with Gasteiger partial charge in [-0.25, -0.2) is 0 Å². The molecule has 1 amide bonds. The van der Waals surface area contributed by atoms with Crippen LogP contribution in [0.4, 0.5) is 0 Å². The number of amides is 1. The molecule has 1 aliphatic carbocycles. The van der Waals surface area contributed by atoms with Crippen LogP contribution >= 0.6 is 11.3 Å². The predicted octanol–water partition coefficient (Wildman–Crippen LogP) is 4.16. The minimum atomic E-state index is 0.0662. The van der Waals surface area contributed by atoms with Gasteiger partial charge in [-0.05, 0) is 49.6 Å². The molecule has 3 heterocycles. The van der Waals surface area contributed by atoms with Gasteiger partial charge in [-0.15, -0.1) is 11.3 Å². The summed E-state index contributed by atoms with van der Waals surface area (Å²) in [7, 11) is 0. The normalized spacial score (nSPS) is 22.0. The van der Waals surface area contributed by atoms with E-state index < -0.39 is 0 Å². The fraction of sp³-hybridized carbons (Fsp3) is 0.619. The molecular formula is C21H30N4OS. The summed E-state index contributed by atoms with van der Waals surface area (Å²) >= 11 is 1.50. The molecule has 0 aromatic carbocycles. The number of piperidine rings is 1. The minimum absolute atomic E-state index is 0.0662. The van der Waals surface area contributed by atoms with Crippen molar-refractivity contribution in [1.82, 2.24) is 20.4 Å². The van der Waals surface area contributed by atoms with Gasteiger partial charge >= 0.3 is 0 Å². The summed E-state index contributed by atoms with van der Waals surface area (Å²) in [5, 5.41) is 12.7. The van der Waals surface area contributed by atoms with Crippen LogP contribution in [-0.2, 0) is 6.54 Å². The molecule has 1 aliphatic heterocycles. The molecule has 0 spiro atoms. The molecule has 2 aromatic rings. The number of nitrogens with zero attached hydrogens (tertiary/aromatic N) is 2. The lowest BCUT2D eigenvalue weighted by molar-refractivity contribution is 0.0934. The summed E-state index contributed by atoms with van der Waals surface area (Å²) in [5.74, 6) is 1.27.